The summed E-state index contributed by atoms with van der Waals surface area (Å²) in [5.74, 6) is 0.349. The van der Waals surface area contributed by atoms with Gasteiger partial charge in [0.25, 0.3) is 5.56 Å². The van der Waals surface area contributed by atoms with Crippen molar-refractivity contribution < 1.29 is 13.2 Å². The second kappa shape index (κ2) is 10.2. The fourth-order valence-corrected chi connectivity index (χ4v) is 6.66. The molecule has 38 heavy (non-hydrogen) atoms. The Bertz CT molecular complexity index is 1610. The molecule has 0 amide bonds. The molecule has 0 unspecified atom stereocenters. The van der Waals surface area contributed by atoms with E-state index in [-0.39, 0.29) is 15.8 Å². The standard InChI is InChI=1S/C28H29N5O4S/c34-27-25(38(35,36)24-8-2-1-3-9-24)18-20-19-29-28(31-26(20)33(27)23-6-4-5-7-23)30-21-10-12-22(13-11-21)32-14-16-37-17-15-32/h1-3,8-13,18-19,23H,4-7,14-17H2,(H,29,30,31). The maximum absolute atomic E-state index is 13.7. The van der Waals surface area contributed by atoms with Crippen LogP contribution in [0.25, 0.3) is 11.0 Å². The fourth-order valence-electron chi connectivity index (χ4n) is 5.28. The Labute approximate surface area is 221 Å². The van der Waals surface area contributed by atoms with Gasteiger partial charge < -0.3 is 15.0 Å². The van der Waals surface area contributed by atoms with Crippen molar-refractivity contribution >= 4 is 38.2 Å². The number of hydrogen-bond acceptors (Lipinski definition) is 8. The number of ether oxygens (including phenoxy) is 1. The zero-order valence-electron chi connectivity index (χ0n) is 20.9. The van der Waals surface area contributed by atoms with E-state index in [2.05, 4.69) is 15.2 Å². The van der Waals surface area contributed by atoms with Gasteiger partial charge in [-0.15, -0.1) is 0 Å². The Morgan fingerprint density at radius 1 is 0.947 bits per heavy atom. The zero-order chi connectivity index (χ0) is 26.1. The Morgan fingerprint density at radius 3 is 2.37 bits per heavy atom. The Kier molecular flexibility index (Phi) is 6.59. The van der Waals surface area contributed by atoms with Crippen LogP contribution in [0.1, 0.15) is 31.7 Å². The van der Waals surface area contributed by atoms with Crippen molar-refractivity contribution in [2.24, 2.45) is 0 Å². The first-order chi connectivity index (χ1) is 18.5. The van der Waals surface area contributed by atoms with Gasteiger partial charge in [-0.25, -0.2) is 13.4 Å². The lowest BCUT2D eigenvalue weighted by molar-refractivity contribution is 0.122. The van der Waals surface area contributed by atoms with Crippen molar-refractivity contribution in [3.8, 4) is 0 Å². The number of nitrogens with zero attached hydrogens (tertiary/aromatic N) is 4. The van der Waals surface area contributed by atoms with Crippen LogP contribution in [0.15, 0.2) is 81.4 Å². The molecule has 0 atom stereocenters. The summed E-state index contributed by atoms with van der Waals surface area (Å²) >= 11 is 0. The van der Waals surface area contributed by atoms with Gasteiger partial charge in [-0.3, -0.25) is 9.36 Å². The van der Waals surface area contributed by atoms with Crippen molar-refractivity contribution in [1.82, 2.24) is 14.5 Å². The molecule has 2 aromatic carbocycles. The molecular weight excluding hydrogens is 502 g/mol. The molecule has 3 heterocycles. The van der Waals surface area contributed by atoms with E-state index >= 15 is 0 Å². The largest absolute Gasteiger partial charge is 0.378 e. The molecule has 2 aromatic heterocycles. The molecule has 1 N–H and O–H groups in total. The summed E-state index contributed by atoms with van der Waals surface area (Å²) in [6, 6.07) is 17.4. The van der Waals surface area contributed by atoms with Gasteiger partial charge in [0.1, 0.15) is 10.5 Å². The first-order valence-corrected chi connectivity index (χ1v) is 14.4. The van der Waals surface area contributed by atoms with Crippen LogP contribution in [-0.2, 0) is 14.6 Å². The van der Waals surface area contributed by atoms with Gasteiger partial charge in [0.15, 0.2) is 0 Å². The number of morpholine rings is 1. The quantitative estimate of drug-likeness (QED) is 0.392. The van der Waals surface area contributed by atoms with Gasteiger partial charge in [-0.2, -0.15) is 4.98 Å². The third-order valence-corrected chi connectivity index (χ3v) is 9.04. The monoisotopic (exact) mass is 531 g/mol. The maximum Gasteiger partial charge on any atom is 0.271 e. The third kappa shape index (κ3) is 4.65. The van der Waals surface area contributed by atoms with Crippen LogP contribution >= 0.6 is 0 Å². The number of aromatic nitrogens is 3. The highest BCUT2D eigenvalue weighted by atomic mass is 32.2. The molecule has 1 aliphatic heterocycles. The molecule has 6 rings (SSSR count). The van der Waals surface area contributed by atoms with Gasteiger partial charge in [0.05, 0.1) is 18.1 Å². The molecule has 4 aromatic rings. The predicted octanol–water partition coefficient (Wildman–Crippen LogP) is 4.32. The molecule has 196 valence electrons. The minimum atomic E-state index is -4.00. The number of nitrogens with one attached hydrogen (secondary N) is 1. The molecular formula is C28H29N5O4S. The van der Waals surface area contributed by atoms with E-state index in [1.807, 2.05) is 24.3 Å². The number of benzene rings is 2. The predicted molar refractivity (Wildman–Crippen MR) is 146 cm³/mol. The van der Waals surface area contributed by atoms with Crippen LogP contribution in [0, 0.1) is 0 Å². The molecule has 2 fully saturated rings. The first kappa shape index (κ1) is 24.6. The summed E-state index contributed by atoms with van der Waals surface area (Å²) in [5.41, 5.74) is 1.85. The SMILES string of the molecule is O=c1c(S(=O)(=O)c2ccccc2)cc2cnc(Nc3ccc(N4CCOCC4)cc3)nc2n1C1CCCC1. The Morgan fingerprint density at radius 2 is 1.66 bits per heavy atom. The summed E-state index contributed by atoms with van der Waals surface area (Å²) < 4.78 is 33.9. The van der Waals surface area contributed by atoms with Crippen molar-refractivity contribution in [2.75, 3.05) is 36.5 Å². The van der Waals surface area contributed by atoms with Crippen LogP contribution < -0.4 is 15.8 Å². The van der Waals surface area contributed by atoms with Crippen LogP contribution in [0.5, 0.6) is 0 Å². The van der Waals surface area contributed by atoms with Gasteiger partial charge in [0.2, 0.25) is 15.8 Å². The second-order valence-electron chi connectivity index (χ2n) is 9.68. The fraction of sp³-hybridized carbons (Fsp3) is 0.321. The molecule has 0 bridgehead atoms. The highest BCUT2D eigenvalue weighted by Crippen LogP contribution is 2.32. The highest BCUT2D eigenvalue weighted by molar-refractivity contribution is 7.91. The lowest BCUT2D eigenvalue weighted by Crippen LogP contribution is -2.36. The van der Waals surface area contributed by atoms with E-state index in [4.69, 9.17) is 9.72 Å². The zero-order valence-corrected chi connectivity index (χ0v) is 21.7. The van der Waals surface area contributed by atoms with Crippen LogP contribution in [0.3, 0.4) is 0 Å². The number of hydrogen-bond donors (Lipinski definition) is 1. The van der Waals surface area contributed by atoms with Gasteiger partial charge in [-0.05, 0) is 55.3 Å². The average molecular weight is 532 g/mol. The minimum Gasteiger partial charge on any atom is -0.378 e. The van der Waals surface area contributed by atoms with Crippen molar-refractivity contribution in [2.45, 2.75) is 41.5 Å². The topological polar surface area (TPSA) is 106 Å². The Balaban J connectivity index is 1.38. The van der Waals surface area contributed by atoms with E-state index in [0.717, 1.165) is 63.4 Å². The Hall–Kier alpha value is -3.76. The van der Waals surface area contributed by atoms with Crippen LogP contribution in [0.2, 0.25) is 0 Å². The molecule has 2 aliphatic rings. The summed E-state index contributed by atoms with van der Waals surface area (Å²) in [5, 5.41) is 3.75. The molecule has 0 radical (unpaired) electrons. The number of sulfone groups is 1. The molecule has 1 saturated heterocycles. The lowest BCUT2D eigenvalue weighted by Gasteiger charge is -2.28. The van der Waals surface area contributed by atoms with Gasteiger partial charge >= 0.3 is 0 Å². The third-order valence-electron chi connectivity index (χ3n) is 7.27. The van der Waals surface area contributed by atoms with Gasteiger partial charge in [0, 0.05) is 42.1 Å². The summed E-state index contributed by atoms with van der Waals surface area (Å²) in [6.45, 7) is 3.17. The summed E-state index contributed by atoms with van der Waals surface area (Å²) in [4.78, 5) is 25.0. The molecule has 1 saturated carbocycles. The van der Waals surface area contributed by atoms with Crippen LogP contribution in [0.4, 0.5) is 17.3 Å². The highest BCUT2D eigenvalue weighted by Gasteiger charge is 2.28. The van der Waals surface area contributed by atoms with E-state index in [9.17, 15) is 13.2 Å². The van der Waals surface area contributed by atoms with Crippen LogP contribution in [-0.4, -0.2) is 49.3 Å². The molecule has 0 spiro atoms. The summed E-state index contributed by atoms with van der Waals surface area (Å²) in [6.07, 6.45) is 5.17. The van der Waals surface area contributed by atoms with Crippen molar-refractivity contribution in [1.29, 1.82) is 0 Å². The number of rotatable bonds is 6. The van der Waals surface area contributed by atoms with Crippen molar-refractivity contribution in [3.05, 3.63) is 77.2 Å². The number of pyridine rings is 1. The van der Waals surface area contributed by atoms with Crippen molar-refractivity contribution in [3.63, 3.8) is 0 Å². The smallest absolute Gasteiger partial charge is 0.271 e. The number of anilines is 3. The van der Waals surface area contributed by atoms with E-state index < -0.39 is 15.4 Å². The normalized spacial score (nSPS) is 16.7. The second-order valence-corrected chi connectivity index (χ2v) is 11.6. The molecule has 9 nitrogen and oxygen atoms in total. The minimum absolute atomic E-state index is 0.0918. The first-order valence-electron chi connectivity index (χ1n) is 12.9. The van der Waals surface area contributed by atoms with E-state index in [1.54, 1.807) is 29.0 Å². The summed E-state index contributed by atoms with van der Waals surface area (Å²) in [7, 11) is -4.00. The molecule has 1 aliphatic carbocycles. The van der Waals surface area contributed by atoms with E-state index in [1.165, 1.54) is 18.2 Å². The average Bonchev–Trinajstić information content (AvgIpc) is 3.48. The maximum atomic E-state index is 13.7. The molecule has 10 heteroatoms. The van der Waals surface area contributed by atoms with E-state index in [0.29, 0.717) is 17.0 Å². The lowest BCUT2D eigenvalue weighted by atomic mass is 10.2. The van der Waals surface area contributed by atoms with Gasteiger partial charge in [-0.1, -0.05) is 31.0 Å². The number of fused-ring (bicyclic) bond motifs is 1.